The summed E-state index contributed by atoms with van der Waals surface area (Å²) in [5.41, 5.74) is 3.77. The van der Waals surface area contributed by atoms with Crippen LogP contribution in [0.3, 0.4) is 0 Å². The molecule has 3 heteroatoms. The Labute approximate surface area is 121 Å². The van der Waals surface area contributed by atoms with E-state index < -0.39 is 0 Å². The van der Waals surface area contributed by atoms with Crippen molar-refractivity contribution in [3.05, 3.63) is 29.3 Å². The van der Waals surface area contributed by atoms with Gasteiger partial charge in [0.15, 0.2) is 0 Å². The number of benzene rings is 1. The normalized spacial score (nSPS) is 23.0. The van der Waals surface area contributed by atoms with E-state index in [-0.39, 0.29) is 22.7 Å². The lowest BCUT2D eigenvalue weighted by molar-refractivity contribution is -0.118. The smallest absolute Gasteiger partial charge is 0.228 e. The number of fused-ring (bicyclic) bond motifs is 1. The molecule has 0 spiro atoms. The van der Waals surface area contributed by atoms with E-state index >= 15 is 0 Å². The Balaban J connectivity index is 1.81. The standard InChI is InChI=1S/C17H24N2O/c1-16(2)14(17(16,3)4)15(20)19-13-7-5-6-11-8-9-18-10-12(11)13/h5-7,14,18H,8-10H2,1-4H3,(H,19,20). The summed E-state index contributed by atoms with van der Waals surface area (Å²) in [4.78, 5) is 12.6. The third-order valence-corrected chi connectivity index (χ3v) is 5.69. The average molecular weight is 272 g/mol. The highest BCUT2D eigenvalue weighted by Gasteiger charge is 2.68. The Hall–Kier alpha value is -1.35. The molecule has 1 fully saturated rings. The number of amides is 1. The maximum atomic E-state index is 12.6. The van der Waals surface area contributed by atoms with Crippen molar-refractivity contribution < 1.29 is 4.79 Å². The zero-order valence-electron chi connectivity index (χ0n) is 12.8. The highest BCUT2D eigenvalue weighted by molar-refractivity contribution is 5.96. The predicted molar refractivity (Wildman–Crippen MR) is 81.5 cm³/mol. The van der Waals surface area contributed by atoms with Gasteiger partial charge in [-0.25, -0.2) is 0 Å². The second kappa shape index (κ2) is 4.32. The molecule has 20 heavy (non-hydrogen) atoms. The molecular formula is C17H24N2O. The van der Waals surface area contributed by atoms with Gasteiger partial charge in [-0.05, 0) is 41.0 Å². The van der Waals surface area contributed by atoms with Gasteiger partial charge >= 0.3 is 0 Å². The topological polar surface area (TPSA) is 41.1 Å². The van der Waals surface area contributed by atoms with Gasteiger partial charge in [-0.1, -0.05) is 39.8 Å². The summed E-state index contributed by atoms with van der Waals surface area (Å²) in [5, 5.41) is 6.54. The zero-order chi connectivity index (χ0) is 14.5. The number of rotatable bonds is 2. The van der Waals surface area contributed by atoms with E-state index in [0.29, 0.717) is 0 Å². The predicted octanol–water partition coefficient (Wildman–Crippen LogP) is 2.95. The van der Waals surface area contributed by atoms with Crippen LogP contribution in [0.2, 0.25) is 0 Å². The zero-order valence-corrected chi connectivity index (χ0v) is 12.8. The highest BCUT2D eigenvalue weighted by atomic mass is 16.2. The summed E-state index contributed by atoms with van der Waals surface area (Å²) >= 11 is 0. The maximum Gasteiger partial charge on any atom is 0.228 e. The minimum Gasteiger partial charge on any atom is -0.326 e. The van der Waals surface area contributed by atoms with Gasteiger partial charge < -0.3 is 10.6 Å². The minimum atomic E-state index is 0.0875. The van der Waals surface area contributed by atoms with Gasteiger partial charge in [-0.3, -0.25) is 4.79 Å². The molecule has 2 aliphatic rings. The molecule has 1 aliphatic carbocycles. The van der Waals surface area contributed by atoms with Gasteiger partial charge in [0.1, 0.15) is 0 Å². The lowest BCUT2D eigenvalue weighted by atomic mass is 9.99. The van der Waals surface area contributed by atoms with Crippen LogP contribution in [0.15, 0.2) is 18.2 Å². The number of carbonyl (C=O) groups is 1. The van der Waals surface area contributed by atoms with Crippen molar-refractivity contribution in [2.45, 2.75) is 40.7 Å². The Bertz CT molecular complexity index is 546. The number of nitrogens with one attached hydrogen (secondary N) is 2. The molecule has 0 aromatic heterocycles. The fourth-order valence-corrected chi connectivity index (χ4v) is 3.69. The van der Waals surface area contributed by atoms with E-state index in [9.17, 15) is 4.79 Å². The first-order chi connectivity index (χ1) is 9.35. The number of anilines is 1. The van der Waals surface area contributed by atoms with E-state index in [1.165, 1.54) is 11.1 Å². The van der Waals surface area contributed by atoms with Crippen LogP contribution in [0.4, 0.5) is 5.69 Å². The molecule has 0 atom stereocenters. The first-order valence-corrected chi connectivity index (χ1v) is 7.48. The van der Waals surface area contributed by atoms with Crippen molar-refractivity contribution in [2.75, 3.05) is 11.9 Å². The van der Waals surface area contributed by atoms with Crippen LogP contribution in [-0.4, -0.2) is 12.5 Å². The molecule has 108 valence electrons. The van der Waals surface area contributed by atoms with E-state index in [0.717, 1.165) is 25.2 Å². The molecule has 1 aromatic carbocycles. The molecule has 1 aliphatic heterocycles. The van der Waals surface area contributed by atoms with Crippen molar-refractivity contribution in [1.82, 2.24) is 5.32 Å². The summed E-state index contributed by atoms with van der Waals surface area (Å²) in [5.74, 6) is 0.265. The van der Waals surface area contributed by atoms with Crippen LogP contribution in [0.5, 0.6) is 0 Å². The number of hydrogen-bond donors (Lipinski definition) is 2. The second-order valence-electron chi connectivity index (χ2n) is 7.24. The van der Waals surface area contributed by atoms with Crippen LogP contribution in [0.1, 0.15) is 38.8 Å². The molecule has 3 rings (SSSR count). The SMILES string of the molecule is CC1(C)C(C(=O)Nc2cccc3c2CNCC3)C1(C)C. The fourth-order valence-electron chi connectivity index (χ4n) is 3.69. The minimum absolute atomic E-state index is 0.0875. The number of carbonyl (C=O) groups excluding carboxylic acids is 1. The lowest BCUT2D eigenvalue weighted by Gasteiger charge is -2.20. The Kier molecular flexibility index (Phi) is 2.94. The maximum absolute atomic E-state index is 12.6. The van der Waals surface area contributed by atoms with E-state index in [1.807, 2.05) is 12.1 Å². The van der Waals surface area contributed by atoms with Crippen LogP contribution >= 0.6 is 0 Å². The summed E-state index contributed by atoms with van der Waals surface area (Å²) in [6.45, 7) is 10.6. The van der Waals surface area contributed by atoms with Crippen LogP contribution in [0.25, 0.3) is 0 Å². The quantitative estimate of drug-likeness (QED) is 0.869. The average Bonchev–Trinajstić information content (AvgIpc) is 2.80. The first-order valence-electron chi connectivity index (χ1n) is 7.48. The molecule has 3 nitrogen and oxygen atoms in total. The molecule has 1 amide bonds. The van der Waals surface area contributed by atoms with Crippen molar-refractivity contribution in [1.29, 1.82) is 0 Å². The van der Waals surface area contributed by atoms with Crippen molar-refractivity contribution in [3.8, 4) is 0 Å². The molecule has 0 bridgehead atoms. The molecule has 0 radical (unpaired) electrons. The molecule has 1 aromatic rings. The van der Waals surface area contributed by atoms with Crippen LogP contribution in [-0.2, 0) is 17.8 Å². The molecular weight excluding hydrogens is 248 g/mol. The van der Waals surface area contributed by atoms with Crippen molar-refractivity contribution in [2.24, 2.45) is 16.7 Å². The molecule has 1 saturated carbocycles. The third-order valence-electron chi connectivity index (χ3n) is 5.69. The lowest BCUT2D eigenvalue weighted by Crippen LogP contribution is -2.26. The highest BCUT2D eigenvalue weighted by Crippen LogP contribution is 2.68. The summed E-state index contributed by atoms with van der Waals surface area (Å²) < 4.78 is 0. The van der Waals surface area contributed by atoms with Gasteiger partial charge in [0.2, 0.25) is 5.91 Å². The van der Waals surface area contributed by atoms with E-state index in [4.69, 9.17) is 0 Å². The summed E-state index contributed by atoms with van der Waals surface area (Å²) in [7, 11) is 0. The largest absolute Gasteiger partial charge is 0.326 e. The first kappa shape index (κ1) is 13.6. The molecule has 1 heterocycles. The van der Waals surface area contributed by atoms with Crippen LogP contribution in [0, 0.1) is 16.7 Å². The fraction of sp³-hybridized carbons (Fsp3) is 0.588. The molecule has 0 saturated heterocycles. The van der Waals surface area contributed by atoms with Crippen LogP contribution < -0.4 is 10.6 Å². The second-order valence-corrected chi connectivity index (χ2v) is 7.24. The molecule has 2 N–H and O–H groups in total. The van der Waals surface area contributed by atoms with Gasteiger partial charge in [0, 0.05) is 18.2 Å². The summed E-state index contributed by atoms with van der Waals surface area (Å²) in [6, 6.07) is 6.23. The Morgan fingerprint density at radius 1 is 1.25 bits per heavy atom. The van der Waals surface area contributed by atoms with Gasteiger partial charge in [-0.2, -0.15) is 0 Å². The van der Waals surface area contributed by atoms with Crippen molar-refractivity contribution in [3.63, 3.8) is 0 Å². The van der Waals surface area contributed by atoms with E-state index in [1.54, 1.807) is 0 Å². The third kappa shape index (κ3) is 1.87. The number of hydrogen-bond acceptors (Lipinski definition) is 2. The molecule has 0 unspecified atom stereocenters. The summed E-state index contributed by atoms with van der Waals surface area (Å²) in [6.07, 6.45) is 1.04. The Morgan fingerprint density at radius 2 is 1.95 bits per heavy atom. The van der Waals surface area contributed by atoms with E-state index in [2.05, 4.69) is 44.4 Å². The van der Waals surface area contributed by atoms with Gasteiger partial charge in [0.05, 0.1) is 0 Å². The van der Waals surface area contributed by atoms with Gasteiger partial charge in [0.25, 0.3) is 0 Å². The van der Waals surface area contributed by atoms with Crippen molar-refractivity contribution >= 4 is 11.6 Å². The Morgan fingerprint density at radius 3 is 2.60 bits per heavy atom. The van der Waals surface area contributed by atoms with Gasteiger partial charge in [-0.15, -0.1) is 0 Å². The monoisotopic (exact) mass is 272 g/mol.